The fraction of sp³-hybridized carbons (Fsp3) is 0.222. The summed E-state index contributed by atoms with van der Waals surface area (Å²) in [6, 6.07) is 60.5. The molecule has 7 aromatic carbocycles. The highest BCUT2D eigenvalue weighted by Crippen LogP contribution is 2.28. The second-order valence-corrected chi connectivity index (χ2v) is 15.2. The second-order valence-electron chi connectivity index (χ2n) is 15.2. The Morgan fingerprint density at radius 1 is 0.377 bits per heavy atom. The third-order valence-corrected chi connectivity index (χ3v) is 10.4. The lowest BCUT2D eigenvalue weighted by Gasteiger charge is -2.25. The molecule has 1 N–H and O–H groups in total. The molecule has 0 unspecified atom stereocenters. The van der Waals surface area contributed by atoms with Crippen LogP contribution >= 0.6 is 0 Å². The van der Waals surface area contributed by atoms with E-state index >= 15 is 0 Å². The summed E-state index contributed by atoms with van der Waals surface area (Å²) < 4.78 is 38.3. The van der Waals surface area contributed by atoms with E-state index in [1.807, 2.05) is 121 Å². The van der Waals surface area contributed by atoms with Crippen molar-refractivity contribution in [2.45, 2.75) is 65.7 Å². The summed E-state index contributed by atoms with van der Waals surface area (Å²) >= 11 is 0. The Balaban J connectivity index is 1.04. The average molecular weight is 815 g/mol. The van der Waals surface area contributed by atoms with E-state index in [-0.39, 0.29) is 18.6 Å². The largest absolute Gasteiger partial charge is 0.489 e. The summed E-state index contributed by atoms with van der Waals surface area (Å²) in [5, 5.41) is 9.67. The van der Waals surface area contributed by atoms with E-state index in [0.717, 1.165) is 50.9 Å². The van der Waals surface area contributed by atoms with Crippen LogP contribution in [0.3, 0.4) is 0 Å². The first kappa shape index (κ1) is 42.7. The molecule has 0 saturated heterocycles. The van der Waals surface area contributed by atoms with Crippen LogP contribution in [0.5, 0.6) is 23.0 Å². The van der Waals surface area contributed by atoms with Gasteiger partial charge in [0.1, 0.15) is 49.4 Å². The monoisotopic (exact) mass is 814 g/mol. The highest BCUT2D eigenvalue weighted by molar-refractivity contribution is 5.40. The molecule has 7 aromatic rings. The first-order valence-electron chi connectivity index (χ1n) is 20.9. The predicted molar refractivity (Wildman–Crippen MR) is 239 cm³/mol. The fourth-order valence-corrected chi connectivity index (χ4v) is 6.86. The maximum absolute atomic E-state index is 9.67. The van der Waals surface area contributed by atoms with Gasteiger partial charge < -0.3 is 33.5 Å². The van der Waals surface area contributed by atoms with Gasteiger partial charge in [-0.15, -0.1) is 0 Å². The highest BCUT2D eigenvalue weighted by Gasteiger charge is 2.20. The van der Waals surface area contributed by atoms with E-state index in [0.29, 0.717) is 69.2 Å². The van der Waals surface area contributed by atoms with E-state index < -0.39 is 0 Å². The van der Waals surface area contributed by atoms with Crippen LogP contribution in [0.1, 0.15) is 51.4 Å². The molecule has 0 heterocycles. The van der Waals surface area contributed by atoms with Gasteiger partial charge in [0.15, 0.2) is 0 Å². The molecule has 7 nitrogen and oxygen atoms in total. The minimum Gasteiger partial charge on any atom is -0.489 e. The summed E-state index contributed by atoms with van der Waals surface area (Å²) in [4.78, 5) is 0. The lowest BCUT2D eigenvalue weighted by Crippen LogP contribution is -2.27. The van der Waals surface area contributed by atoms with Crippen LogP contribution < -0.4 is 18.9 Å². The Morgan fingerprint density at radius 3 is 1.11 bits per heavy atom. The SMILES string of the molecule is C[C@H](OCc1cc(OCc2ccccc2)cc(OCc2ccccc2)c1)[C@@H](COCc1cc(OCc2ccccc2)cc(OCc2ccccc2)c1)Cc1ccc(CO)cc1. The first-order chi connectivity index (χ1) is 30.0. The predicted octanol–water partition coefficient (Wildman–Crippen LogP) is 11.5. The maximum atomic E-state index is 9.67. The Kier molecular flexibility index (Phi) is 16.0. The van der Waals surface area contributed by atoms with E-state index in [1.165, 1.54) is 0 Å². The summed E-state index contributed by atoms with van der Waals surface area (Å²) in [5.41, 5.74) is 8.25. The van der Waals surface area contributed by atoms with Crippen molar-refractivity contribution in [3.63, 3.8) is 0 Å². The Labute approximate surface area is 360 Å². The zero-order chi connectivity index (χ0) is 41.9. The molecular weight excluding hydrogens is 761 g/mol. The molecule has 0 aliphatic carbocycles. The Morgan fingerprint density at radius 2 is 0.738 bits per heavy atom. The Bertz CT molecular complexity index is 2190. The van der Waals surface area contributed by atoms with Crippen LogP contribution in [0.4, 0.5) is 0 Å². The number of hydrogen-bond acceptors (Lipinski definition) is 7. The van der Waals surface area contributed by atoms with Gasteiger partial charge in [-0.1, -0.05) is 146 Å². The average Bonchev–Trinajstić information content (AvgIpc) is 3.32. The molecule has 0 fully saturated rings. The molecule has 2 atom stereocenters. The van der Waals surface area contributed by atoms with Crippen molar-refractivity contribution in [3.05, 3.63) is 226 Å². The second kappa shape index (κ2) is 22.8. The number of aliphatic hydroxyl groups excluding tert-OH is 1. The number of ether oxygens (including phenoxy) is 6. The van der Waals surface area contributed by atoms with Crippen molar-refractivity contribution in [1.29, 1.82) is 0 Å². The number of benzene rings is 7. The van der Waals surface area contributed by atoms with Crippen molar-refractivity contribution >= 4 is 0 Å². The lowest BCUT2D eigenvalue weighted by molar-refractivity contribution is -0.0245. The van der Waals surface area contributed by atoms with E-state index in [9.17, 15) is 5.11 Å². The fourth-order valence-electron chi connectivity index (χ4n) is 6.86. The van der Waals surface area contributed by atoms with Gasteiger partial charge in [-0.05, 0) is 82.1 Å². The quantitative estimate of drug-likeness (QED) is 0.0689. The van der Waals surface area contributed by atoms with Crippen molar-refractivity contribution in [2.24, 2.45) is 5.92 Å². The van der Waals surface area contributed by atoms with Crippen LogP contribution in [0, 0.1) is 5.92 Å². The van der Waals surface area contributed by atoms with Crippen molar-refractivity contribution in [1.82, 2.24) is 0 Å². The zero-order valence-electron chi connectivity index (χ0n) is 34.7. The van der Waals surface area contributed by atoms with Crippen LogP contribution in [0.25, 0.3) is 0 Å². The molecule has 0 aliphatic rings. The molecule has 7 heteroatoms. The highest BCUT2D eigenvalue weighted by atomic mass is 16.5. The molecule has 0 bridgehead atoms. The van der Waals surface area contributed by atoms with Gasteiger partial charge >= 0.3 is 0 Å². The van der Waals surface area contributed by atoms with E-state index in [2.05, 4.69) is 67.6 Å². The summed E-state index contributed by atoms with van der Waals surface area (Å²) in [6.45, 7) is 5.04. The third-order valence-electron chi connectivity index (χ3n) is 10.4. The molecule has 61 heavy (non-hydrogen) atoms. The molecule has 0 spiro atoms. The van der Waals surface area contributed by atoms with Crippen molar-refractivity contribution < 1.29 is 33.5 Å². The van der Waals surface area contributed by atoms with E-state index in [1.54, 1.807) is 0 Å². The topological polar surface area (TPSA) is 75.6 Å². The lowest BCUT2D eigenvalue weighted by atomic mass is 9.94. The van der Waals surface area contributed by atoms with E-state index in [4.69, 9.17) is 28.4 Å². The summed E-state index contributed by atoms with van der Waals surface area (Å²) in [6.07, 6.45) is 0.551. The molecule has 0 amide bonds. The van der Waals surface area contributed by atoms with Gasteiger partial charge in [0.25, 0.3) is 0 Å². The zero-order valence-corrected chi connectivity index (χ0v) is 34.7. The van der Waals surface area contributed by atoms with Crippen LogP contribution in [0.15, 0.2) is 182 Å². The van der Waals surface area contributed by atoms with Crippen molar-refractivity contribution in [2.75, 3.05) is 6.61 Å². The molecule has 312 valence electrons. The minimum absolute atomic E-state index is 0.00267. The van der Waals surface area contributed by atoms with Gasteiger partial charge in [-0.25, -0.2) is 0 Å². The van der Waals surface area contributed by atoms with Crippen LogP contribution in [0.2, 0.25) is 0 Å². The van der Waals surface area contributed by atoms with Gasteiger partial charge in [-0.2, -0.15) is 0 Å². The summed E-state index contributed by atoms with van der Waals surface area (Å²) in [7, 11) is 0. The van der Waals surface area contributed by atoms with Gasteiger partial charge in [0.2, 0.25) is 0 Å². The maximum Gasteiger partial charge on any atom is 0.123 e. The molecule has 0 aromatic heterocycles. The number of rotatable bonds is 23. The molecule has 0 saturated carbocycles. The van der Waals surface area contributed by atoms with Crippen LogP contribution in [-0.2, 0) is 62.1 Å². The summed E-state index contributed by atoms with van der Waals surface area (Å²) in [5.74, 6) is 2.87. The third kappa shape index (κ3) is 14.1. The number of aliphatic hydroxyl groups is 1. The van der Waals surface area contributed by atoms with Gasteiger partial charge in [0, 0.05) is 18.1 Å². The first-order valence-corrected chi connectivity index (χ1v) is 20.9. The van der Waals surface area contributed by atoms with Gasteiger partial charge in [0.05, 0.1) is 32.5 Å². The van der Waals surface area contributed by atoms with Crippen molar-refractivity contribution in [3.8, 4) is 23.0 Å². The smallest absolute Gasteiger partial charge is 0.123 e. The molecular formula is C54H54O7. The standard InChI is InChI=1S/C54H54O7/c1-41(57-39-49-29-53(60-37-46-18-10-4-11-19-46)32-54(30-49)61-38-47-20-12-5-13-21-47)50(26-42-22-24-43(33-55)25-23-42)40-56-34-48-27-51(58-35-44-14-6-2-7-15-44)31-52(28-48)59-36-45-16-8-3-9-17-45/h2-25,27-32,41,50,55H,26,33-40H2,1H3/t41-,50+/m0/s1. The molecule has 0 radical (unpaired) electrons. The number of hydrogen-bond donors (Lipinski definition) is 1. The Hall–Kier alpha value is -6.38. The van der Waals surface area contributed by atoms with Crippen LogP contribution in [-0.4, -0.2) is 17.8 Å². The van der Waals surface area contributed by atoms with Gasteiger partial charge in [-0.3, -0.25) is 0 Å². The minimum atomic E-state index is -0.176. The molecule has 0 aliphatic heterocycles. The molecule has 7 rings (SSSR count). The normalized spacial score (nSPS) is 12.0.